The van der Waals surface area contributed by atoms with Crippen LogP contribution < -0.4 is 0 Å². The number of hydrogen-bond acceptors (Lipinski definition) is 4. The fraction of sp³-hybridized carbons (Fsp3) is 0.696. The molecule has 3 heterocycles. The van der Waals surface area contributed by atoms with Crippen molar-refractivity contribution in [3.8, 4) is 0 Å². The smallest absolute Gasteiger partial charge is 0.0686 e. The van der Waals surface area contributed by atoms with Gasteiger partial charge in [0.15, 0.2) is 0 Å². The number of aliphatic hydroxyl groups excluding tert-OH is 1. The Hall–Kier alpha value is -1.43. The summed E-state index contributed by atoms with van der Waals surface area (Å²) < 4.78 is 8.35. The molecule has 152 valence electrons. The van der Waals surface area contributed by atoms with Crippen molar-refractivity contribution in [2.75, 3.05) is 13.2 Å². The minimum Gasteiger partial charge on any atom is -0.392 e. The Bertz CT molecular complexity index is 801. The number of nitrogens with zero attached hydrogens (tertiary/aromatic N) is 3. The van der Waals surface area contributed by atoms with Crippen LogP contribution in [0.2, 0.25) is 0 Å². The molecular formula is C23H33N3O2. The summed E-state index contributed by atoms with van der Waals surface area (Å²) in [7, 11) is 0. The Balaban J connectivity index is 1.20. The Morgan fingerprint density at radius 1 is 1.14 bits per heavy atom. The second-order valence-electron chi connectivity index (χ2n) is 9.44. The Morgan fingerprint density at radius 3 is 2.64 bits per heavy atom. The summed E-state index contributed by atoms with van der Waals surface area (Å²) in [6.45, 7) is 5.50. The van der Waals surface area contributed by atoms with Crippen LogP contribution in [-0.4, -0.2) is 51.1 Å². The molecule has 3 fully saturated rings. The lowest BCUT2D eigenvalue weighted by Crippen LogP contribution is -2.47. The highest BCUT2D eigenvalue weighted by Gasteiger charge is 2.41. The third-order valence-electron chi connectivity index (χ3n) is 7.00. The number of aromatic nitrogens is 2. The van der Waals surface area contributed by atoms with Crippen molar-refractivity contribution in [3.05, 3.63) is 30.0 Å². The first kappa shape index (κ1) is 18.6. The van der Waals surface area contributed by atoms with E-state index in [1.165, 1.54) is 38.5 Å². The van der Waals surface area contributed by atoms with Crippen LogP contribution in [0.5, 0.6) is 0 Å². The summed E-state index contributed by atoms with van der Waals surface area (Å²) >= 11 is 0. The van der Waals surface area contributed by atoms with Gasteiger partial charge in [-0.25, -0.2) is 0 Å². The number of piperidine rings is 1. The molecule has 5 heteroatoms. The third-order valence-corrected chi connectivity index (χ3v) is 7.00. The first-order chi connectivity index (χ1) is 13.7. The lowest BCUT2D eigenvalue weighted by Gasteiger charge is -2.40. The van der Waals surface area contributed by atoms with Gasteiger partial charge >= 0.3 is 0 Å². The average Bonchev–Trinajstić information content (AvgIpc) is 3.42. The van der Waals surface area contributed by atoms with Crippen LogP contribution in [0.1, 0.15) is 51.0 Å². The van der Waals surface area contributed by atoms with Crippen LogP contribution >= 0.6 is 0 Å². The zero-order valence-electron chi connectivity index (χ0n) is 17.0. The molecule has 4 atom stereocenters. The summed E-state index contributed by atoms with van der Waals surface area (Å²) in [5.74, 6) is 1.42. The van der Waals surface area contributed by atoms with E-state index in [0.29, 0.717) is 24.1 Å². The van der Waals surface area contributed by atoms with Gasteiger partial charge in [0.05, 0.1) is 24.4 Å². The number of hydrogen-bond donors (Lipinski definition) is 1. The van der Waals surface area contributed by atoms with Crippen molar-refractivity contribution in [3.63, 3.8) is 0 Å². The predicted octanol–water partition coefficient (Wildman–Crippen LogP) is 3.59. The number of aliphatic hydroxyl groups is 1. The first-order valence-corrected chi connectivity index (χ1v) is 11.1. The van der Waals surface area contributed by atoms with Gasteiger partial charge in [0.1, 0.15) is 0 Å². The molecule has 0 amide bonds. The van der Waals surface area contributed by atoms with Crippen LogP contribution in [0.15, 0.2) is 24.4 Å². The molecule has 2 aromatic rings. The molecule has 5 nitrogen and oxygen atoms in total. The molecule has 2 saturated heterocycles. The Kier molecular flexibility index (Phi) is 5.16. The summed E-state index contributed by atoms with van der Waals surface area (Å²) in [6, 6.07) is 7.52. The molecule has 5 rings (SSSR count). The van der Waals surface area contributed by atoms with Gasteiger partial charge in [-0.05, 0) is 62.0 Å². The van der Waals surface area contributed by atoms with E-state index >= 15 is 0 Å². The van der Waals surface area contributed by atoms with Gasteiger partial charge in [-0.1, -0.05) is 19.1 Å². The number of ether oxygens (including phenoxy) is 1. The molecular weight excluding hydrogens is 350 g/mol. The molecule has 1 N–H and O–H groups in total. The monoisotopic (exact) mass is 383 g/mol. The molecule has 1 aromatic heterocycles. The molecule has 2 bridgehead atoms. The van der Waals surface area contributed by atoms with Gasteiger partial charge in [-0.15, -0.1) is 0 Å². The van der Waals surface area contributed by atoms with Crippen molar-refractivity contribution in [2.45, 2.75) is 76.8 Å². The fourth-order valence-corrected chi connectivity index (χ4v) is 5.29. The number of benzene rings is 1. The van der Waals surface area contributed by atoms with E-state index in [9.17, 15) is 5.11 Å². The van der Waals surface area contributed by atoms with E-state index < -0.39 is 0 Å². The second kappa shape index (κ2) is 7.77. The molecule has 1 saturated carbocycles. The van der Waals surface area contributed by atoms with Crippen LogP contribution in [0.4, 0.5) is 0 Å². The van der Waals surface area contributed by atoms with Crippen LogP contribution in [-0.2, 0) is 17.9 Å². The van der Waals surface area contributed by atoms with Crippen molar-refractivity contribution < 1.29 is 9.84 Å². The highest BCUT2D eigenvalue weighted by Crippen LogP contribution is 2.38. The van der Waals surface area contributed by atoms with E-state index in [0.717, 1.165) is 42.1 Å². The third kappa shape index (κ3) is 3.85. The Morgan fingerprint density at radius 2 is 1.93 bits per heavy atom. The SMILES string of the molecule is C[C@H](CN1[C@@H]2CC[C@H]1C[C@@H](OCC1CC1)C2)Cn1ncc2ccc(CO)cc21. The highest BCUT2D eigenvalue weighted by atomic mass is 16.5. The van der Waals surface area contributed by atoms with Crippen LogP contribution in [0, 0.1) is 11.8 Å². The van der Waals surface area contributed by atoms with Gasteiger partial charge < -0.3 is 9.84 Å². The van der Waals surface area contributed by atoms with E-state index in [1.807, 2.05) is 12.3 Å². The molecule has 3 aliphatic rings. The molecule has 28 heavy (non-hydrogen) atoms. The zero-order valence-corrected chi connectivity index (χ0v) is 17.0. The highest BCUT2D eigenvalue weighted by molar-refractivity contribution is 5.79. The minimum absolute atomic E-state index is 0.0811. The molecule has 1 aromatic carbocycles. The van der Waals surface area contributed by atoms with Crippen LogP contribution in [0.25, 0.3) is 10.9 Å². The van der Waals surface area contributed by atoms with Gasteiger partial charge in [-0.2, -0.15) is 5.10 Å². The maximum Gasteiger partial charge on any atom is 0.0686 e. The van der Waals surface area contributed by atoms with Gasteiger partial charge in [0, 0.05) is 37.2 Å². The number of rotatable bonds is 8. The quantitative estimate of drug-likeness (QED) is 0.757. The zero-order chi connectivity index (χ0) is 19.1. The van der Waals surface area contributed by atoms with Gasteiger partial charge in [-0.3, -0.25) is 9.58 Å². The lowest BCUT2D eigenvalue weighted by molar-refractivity contribution is -0.0276. The van der Waals surface area contributed by atoms with E-state index in [-0.39, 0.29) is 6.61 Å². The topological polar surface area (TPSA) is 50.5 Å². The lowest BCUT2D eigenvalue weighted by atomic mass is 9.98. The van der Waals surface area contributed by atoms with Gasteiger partial charge in [0.25, 0.3) is 0 Å². The average molecular weight is 384 g/mol. The number of fused-ring (bicyclic) bond motifs is 3. The van der Waals surface area contributed by atoms with Crippen LogP contribution in [0.3, 0.4) is 0 Å². The largest absolute Gasteiger partial charge is 0.392 e. The maximum atomic E-state index is 9.44. The van der Waals surface area contributed by atoms with E-state index in [4.69, 9.17) is 4.74 Å². The molecule has 0 spiro atoms. The van der Waals surface area contributed by atoms with Crippen molar-refractivity contribution in [2.24, 2.45) is 11.8 Å². The summed E-state index contributed by atoms with van der Waals surface area (Å²) in [6.07, 6.45) is 10.3. The van der Waals surface area contributed by atoms with Crippen molar-refractivity contribution in [1.82, 2.24) is 14.7 Å². The first-order valence-electron chi connectivity index (χ1n) is 11.1. The van der Waals surface area contributed by atoms with E-state index in [1.54, 1.807) is 0 Å². The predicted molar refractivity (Wildman–Crippen MR) is 110 cm³/mol. The summed E-state index contributed by atoms with van der Waals surface area (Å²) in [4.78, 5) is 2.77. The standard InChI is InChI=1S/C23H33N3O2/c1-16(13-26-23-8-18(14-27)4-5-19(23)11-24-26)12-25-20-6-7-21(25)10-22(9-20)28-15-17-2-3-17/h4-5,8,11,16-17,20-22,27H,2-3,6-7,9-10,12-15H2,1H3/t16-,20-,21+,22+/m1/s1. The Labute approximate surface area is 167 Å². The molecule has 0 unspecified atom stereocenters. The molecule has 0 radical (unpaired) electrons. The fourth-order valence-electron chi connectivity index (χ4n) is 5.29. The summed E-state index contributed by atoms with van der Waals surface area (Å²) in [5, 5.41) is 15.2. The molecule has 1 aliphatic carbocycles. The molecule has 2 aliphatic heterocycles. The minimum atomic E-state index is 0.0811. The van der Waals surface area contributed by atoms with E-state index in [2.05, 4.69) is 33.7 Å². The van der Waals surface area contributed by atoms with Crippen molar-refractivity contribution >= 4 is 10.9 Å². The van der Waals surface area contributed by atoms with Gasteiger partial charge in [0.2, 0.25) is 0 Å². The second-order valence-corrected chi connectivity index (χ2v) is 9.44. The maximum absolute atomic E-state index is 9.44. The summed E-state index contributed by atoms with van der Waals surface area (Å²) in [5.41, 5.74) is 2.08. The normalized spacial score (nSPS) is 28.9. The van der Waals surface area contributed by atoms with Crippen molar-refractivity contribution in [1.29, 1.82) is 0 Å².